The van der Waals surface area contributed by atoms with Gasteiger partial charge in [-0.1, -0.05) is 12.0 Å². The molecule has 0 saturated heterocycles. The Morgan fingerprint density at radius 3 is 3.00 bits per heavy atom. The smallest absolute Gasteiger partial charge is 0.331 e. The number of terminal acetylenes is 1. The van der Waals surface area contributed by atoms with Gasteiger partial charge in [0.05, 0.1) is 20.3 Å². The van der Waals surface area contributed by atoms with Gasteiger partial charge in [-0.05, 0) is 43.0 Å². The summed E-state index contributed by atoms with van der Waals surface area (Å²) in [5.74, 6) is 2.97. The summed E-state index contributed by atoms with van der Waals surface area (Å²) in [5.41, 5.74) is 1.18. The first kappa shape index (κ1) is 14.4. The van der Waals surface area contributed by atoms with E-state index in [0.29, 0.717) is 19.6 Å². The van der Waals surface area contributed by atoms with E-state index >= 15 is 0 Å². The molecule has 2 rings (SSSR count). The van der Waals surface area contributed by atoms with Crippen molar-refractivity contribution in [1.29, 1.82) is 0 Å². The van der Waals surface area contributed by atoms with Crippen molar-refractivity contribution in [3.63, 3.8) is 0 Å². The van der Waals surface area contributed by atoms with Crippen molar-refractivity contribution in [2.45, 2.75) is 25.3 Å². The summed E-state index contributed by atoms with van der Waals surface area (Å²) in [6.45, 7) is 2.46. The van der Waals surface area contributed by atoms with Crippen LogP contribution in [0.1, 0.15) is 24.5 Å². The predicted octanol–water partition coefficient (Wildman–Crippen LogP) is 1.62. The third-order valence-corrected chi connectivity index (χ3v) is 3.66. The Kier molecular flexibility index (Phi) is 4.31. The summed E-state index contributed by atoms with van der Waals surface area (Å²) >= 11 is 0. The van der Waals surface area contributed by atoms with Crippen LogP contribution >= 0.6 is 0 Å². The Morgan fingerprint density at radius 2 is 2.35 bits per heavy atom. The number of hydrogen-bond acceptors (Lipinski definition) is 4. The van der Waals surface area contributed by atoms with Crippen molar-refractivity contribution in [3.8, 4) is 18.1 Å². The number of benzene rings is 1. The zero-order chi connectivity index (χ0) is 14.6. The average molecular weight is 273 g/mol. The van der Waals surface area contributed by atoms with Crippen molar-refractivity contribution in [3.05, 3.63) is 29.3 Å². The number of carbonyl (C=O) groups excluding carboxylic acids is 1. The van der Waals surface area contributed by atoms with Crippen LogP contribution in [-0.4, -0.2) is 26.2 Å². The maximum absolute atomic E-state index is 12.4. The number of esters is 1. The highest BCUT2D eigenvalue weighted by Gasteiger charge is 2.46. The van der Waals surface area contributed by atoms with Crippen molar-refractivity contribution < 1.29 is 14.3 Å². The first-order chi connectivity index (χ1) is 9.67. The molecule has 0 radical (unpaired) electrons. The zero-order valence-electron chi connectivity index (χ0n) is 11.9. The lowest BCUT2D eigenvalue weighted by molar-refractivity contribution is -0.151. The van der Waals surface area contributed by atoms with E-state index in [4.69, 9.17) is 15.9 Å². The summed E-state index contributed by atoms with van der Waals surface area (Å²) in [6.07, 6.45) is 6.79. The molecule has 1 unspecified atom stereocenters. The number of hydrogen-bond donors (Lipinski definition) is 1. The van der Waals surface area contributed by atoms with Crippen LogP contribution in [0.4, 0.5) is 0 Å². The monoisotopic (exact) mass is 273 g/mol. The highest BCUT2D eigenvalue weighted by molar-refractivity contribution is 5.84. The standard InChI is InChI=1S/C16H19NO3/c1-4-10-17-16(15(18)20-5-2)9-8-12-6-7-13(19-3)11-14(12)16/h1,6-7,11,17H,5,8-10H2,2-3H3. The normalized spacial score (nSPS) is 20.1. The highest BCUT2D eigenvalue weighted by Crippen LogP contribution is 2.39. The molecule has 0 bridgehead atoms. The van der Waals surface area contributed by atoms with Crippen LogP contribution in [-0.2, 0) is 21.5 Å². The van der Waals surface area contributed by atoms with Gasteiger partial charge in [0.25, 0.3) is 0 Å². The van der Waals surface area contributed by atoms with Crippen molar-refractivity contribution in [2.24, 2.45) is 0 Å². The molecule has 0 fully saturated rings. The molecule has 1 N–H and O–H groups in total. The number of fused-ring (bicyclic) bond motifs is 1. The van der Waals surface area contributed by atoms with Crippen molar-refractivity contribution in [1.82, 2.24) is 5.32 Å². The third-order valence-electron chi connectivity index (χ3n) is 3.66. The van der Waals surface area contributed by atoms with E-state index in [9.17, 15) is 4.79 Å². The second kappa shape index (κ2) is 5.98. The molecule has 0 aliphatic heterocycles. The van der Waals surface area contributed by atoms with E-state index in [0.717, 1.165) is 23.3 Å². The fourth-order valence-corrected chi connectivity index (χ4v) is 2.68. The molecule has 1 atom stereocenters. The van der Waals surface area contributed by atoms with Gasteiger partial charge in [0.2, 0.25) is 0 Å². The van der Waals surface area contributed by atoms with Gasteiger partial charge in [-0.25, -0.2) is 4.79 Å². The quantitative estimate of drug-likeness (QED) is 0.654. The summed E-state index contributed by atoms with van der Waals surface area (Å²) in [5, 5.41) is 3.17. The molecular weight excluding hydrogens is 254 g/mol. The van der Waals surface area contributed by atoms with Gasteiger partial charge in [0, 0.05) is 0 Å². The maximum Gasteiger partial charge on any atom is 0.331 e. The van der Waals surface area contributed by atoms with Crippen LogP contribution in [0.15, 0.2) is 18.2 Å². The van der Waals surface area contributed by atoms with Crippen LogP contribution in [0.5, 0.6) is 5.75 Å². The molecule has 4 heteroatoms. The lowest BCUT2D eigenvalue weighted by Gasteiger charge is -2.28. The Morgan fingerprint density at radius 1 is 1.55 bits per heavy atom. The largest absolute Gasteiger partial charge is 0.497 e. The van der Waals surface area contributed by atoms with Crippen LogP contribution < -0.4 is 10.1 Å². The van der Waals surface area contributed by atoms with Crippen LogP contribution in [0, 0.1) is 12.3 Å². The first-order valence-electron chi connectivity index (χ1n) is 6.71. The summed E-state index contributed by atoms with van der Waals surface area (Å²) < 4.78 is 10.5. The molecule has 106 valence electrons. The van der Waals surface area contributed by atoms with Crippen molar-refractivity contribution >= 4 is 5.97 Å². The molecule has 0 aromatic heterocycles. The van der Waals surface area contributed by atoms with Gasteiger partial charge < -0.3 is 9.47 Å². The molecule has 0 spiro atoms. The lowest BCUT2D eigenvalue weighted by atomic mass is 9.91. The molecule has 0 saturated carbocycles. The molecular formula is C16H19NO3. The topological polar surface area (TPSA) is 47.6 Å². The van der Waals surface area contributed by atoms with E-state index in [1.165, 1.54) is 0 Å². The number of aryl methyl sites for hydroxylation is 1. The van der Waals surface area contributed by atoms with Gasteiger partial charge in [-0.15, -0.1) is 6.42 Å². The van der Waals surface area contributed by atoms with Gasteiger partial charge in [-0.3, -0.25) is 5.32 Å². The molecule has 1 aliphatic carbocycles. The third kappa shape index (κ3) is 2.37. The molecule has 1 aromatic carbocycles. The Bertz CT molecular complexity index is 547. The van der Waals surface area contributed by atoms with Crippen LogP contribution in [0.25, 0.3) is 0 Å². The fourth-order valence-electron chi connectivity index (χ4n) is 2.68. The van der Waals surface area contributed by atoms with Gasteiger partial charge in [-0.2, -0.15) is 0 Å². The second-order valence-corrected chi connectivity index (χ2v) is 4.71. The zero-order valence-corrected chi connectivity index (χ0v) is 11.9. The molecule has 1 aliphatic rings. The minimum atomic E-state index is -0.855. The maximum atomic E-state index is 12.4. The minimum absolute atomic E-state index is 0.276. The Balaban J connectivity index is 2.45. The van der Waals surface area contributed by atoms with Gasteiger partial charge in [0.15, 0.2) is 0 Å². The Labute approximate surface area is 119 Å². The molecule has 4 nitrogen and oxygen atoms in total. The fraction of sp³-hybridized carbons (Fsp3) is 0.438. The van der Waals surface area contributed by atoms with Gasteiger partial charge >= 0.3 is 5.97 Å². The van der Waals surface area contributed by atoms with E-state index in [1.807, 2.05) is 18.2 Å². The predicted molar refractivity (Wildman–Crippen MR) is 76.5 cm³/mol. The number of nitrogens with one attached hydrogen (secondary N) is 1. The number of methoxy groups -OCH3 is 1. The number of carbonyl (C=O) groups is 1. The lowest BCUT2D eigenvalue weighted by Crippen LogP contribution is -2.48. The van der Waals surface area contributed by atoms with Crippen molar-refractivity contribution in [2.75, 3.05) is 20.3 Å². The van der Waals surface area contributed by atoms with Crippen LogP contribution in [0.2, 0.25) is 0 Å². The summed E-state index contributed by atoms with van der Waals surface area (Å²) in [6, 6.07) is 5.79. The summed E-state index contributed by atoms with van der Waals surface area (Å²) in [7, 11) is 1.61. The molecule has 0 heterocycles. The van der Waals surface area contributed by atoms with E-state index in [-0.39, 0.29) is 5.97 Å². The van der Waals surface area contributed by atoms with Crippen LogP contribution in [0.3, 0.4) is 0 Å². The van der Waals surface area contributed by atoms with E-state index < -0.39 is 5.54 Å². The number of rotatable bonds is 5. The van der Waals surface area contributed by atoms with E-state index in [1.54, 1.807) is 14.0 Å². The average Bonchev–Trinajstić information content (AvgIpc) is 2.84. The molecule has 0 amide bonds. The SMILES string of the molecule is C#CCNC1(C(=O)OCC)CCc2ccc(OC)cc21. The number of ether oxygens (including phenoxy) is 2. The first-order valence-corrected chi connectivity index (χ1v) is 6.71. The highest BCUT2D eigenvalue weighted by atomic mass is 16.5. The molecule has 20 heavy (non-hydrogen) atoms. The van der Waals surface area contributed by atoms with Gasteiger partial charge in [0.1, 0.15) is 11.3 Å². The van der Waals surface area contributed by atoms with E-state index in [2.05, 4.69) is 11.2 Å². The minimum Gasteiger partial charge on any atom is -0.497 e. The summed E-state index contributed by atoms with van der Waals surface area (Å²) in [4.78, 5) is 12.4. The Hall–Kier alpha value is -1.99. The molecule has 1 aromatic rings. The second-order valence-electron chi connectivity index (χ2n) is 4.71.